The first-order valence-electron chi connectivity index (χ1n) is 5.80. The van der Waals surface area contributed by atoms with Gasteiger partial charge in [-0.1, -0.05) is 0 Å². The van der Waals surface area contributed by atoms with Crippen LogP contribution in [0.2, 0.25) is 0 Å². The quantitative estimate of drug-likeness (QED) is 0.536. The highest BCUT2D eigenvalue weighted by molar-refractivity contribution is 5.88. The molecule has 1 aromatic carbocycles. The van der Waals surface area contributed by atoms with E-state index >= 15 is 0 Å². The number of hydrogen-bond donors (Lipinski definition) is 3. The van der Waals surface area contributed by atoms with Crippen molar-refractivity contribution < 1.29 is 0 Å². The minimum absolute atomic E-state index is 0.797. The van der Waals surface area contributed by atoms with Crippen LogP contribution in [0, 0.1) is 0 Å². The lowest BCUT2D eigenvalue weighted by molar-refractivity contribution is 0.713. The molecule has 0 aliphatic rings. The van der Waals surface area contributed by atoms with Crippen LogP contribution in [0.15, 0.2) is 18.3 Å². The Labute approximate surface area is 101 Å². The first-order valence-corrected chi connectivity index (χ1v) is 5.80. The molecule has 5 heteroatoms. The van der Waals surface area contributed by atoms with Gasteiger partial charge >= 0.3 is 0 Å². The summed E-state index contributed by atoms with van der Waals surface area (Å²) >= 11 is 0. The summed E-state index contributed by atoms with van der Waals surface area (Å²) in [4.78, 5) is 2.17. The van der Waals surface area contributed by atoms with Gasteiger partial charge in [0.15, 0.2) is 0 Å². The topological polar surface area (TPSA) is 70.0 Å². The summed E-state index contributed by atoms with van der Waals surface area (Å²) in [6, 6.07) is 4.01. The van der Waals surface area contributed by atoms with Crippen molar-refractivity contribution in [2.45, 2.75) is 6.42 Å². The Morgan fingerprint density at radius 1 is 1.47 bits per heavy atom. The van der Waals surface area contributed by atoms with Crippen LogP contribution in [0.5, 0.6) is 0 Å². The van der Waals surface area contributed by atoms with Gasteiger partial charge in [0.1, 0.15) is 0 Å². The van der Waals surface area contributed by atoms with Gasteiger partial charge in [0, 0.05) is 19.0 Å². The molecule has 0 radical (unpaired) electrons. The number of fused-ring (bicyclic) bond motifs is 1. The molecular formula is C12H19N5. The van der Waals surface area contributed by atoms with E-state index in [4.69, 9.17) is 5.73 Å². The second kappa shape index (κ2) is 5.05. The summed E-state index contributed by atoms with van der Waals surface area (Å²) in [5, 5.41) is 11.2. The molecule has 0 unspecified atom stereocenters. The highest BCUT2D eigenvalue weighted by atomic mass is 15.1. The Balaban J connectivity index is 2.18. The zero-order chi connectivity index (χ0) is 12.3. The van der Waals surface area contributed by atoms with E-state index < -0.39 is 0 Å². The number of aromatic nitrogens is 2. The molecule has 0 spiro atoms. The number of nitrogens with one attached hydrogen (secondary N) is 2. The van der Waals surface area contributed by atoms with Crippen LogP contribution >= 0.6 is 0 Å². The summed E-state index contributed by atoms with van der Waals surface area (Å²) < 4.78 is 0. The summed E-state index contributed by atoms with van der Waals surface area (Å²) in [6.07, 6.45) is 2.88. The monoisotopic (exact) mass is 233 g/mol. The molecule has 0 amide bonds. The minimum Gasteiger partial charge on any atom is -0.397 e. The SMILES string of the molecule is CNCCCN(C)c1cc2[nH]ncc2cc1N. The van der Waals surface area contributed by atoms with Gasteiger partial charge in [-0.3, -0.25) is 5.10 Å². The summed E-state index contributed by atoms with van der Waals surface area (Å²) in [5.41, 5.74) is 8.93. The highest BCUT2D eigenvalue weighted by Crippen LogP contribution is 2.27. The fraction of sp³-hybridized carbons (Fsp3) is 0.417. The number of nitrogens with two attached hydrogens (primary N) is 1. The minimum atomic E-state index is 0.797. The van der Waals surface area contributed by atoms with Gasteiger partial charge in [0.05, 0.1) is 23.1 Å². The molecule has 17 heavy (non-hydrogen) atoms. The molecule has 1 aromatic heterocycles. The van der Waals surface area contributed by atoms with E-state index in [1.165, 1.54) is 0 Å². The van der Waals surface area contributed by atoms with E-state index in [1.54, 1.807) is 6.20 Å². The maximum Gasteiger partial charge on any atom is 0.0672 e. The van der Waals surface area contributed by atoms with Gasteiger partial charge < -0.3 is 16.0 Å². The zero-order valence-corrected chi connectivity index (χ0v) is 10.3. The number of nitrogen functional groups attached to an aromatic ring is 1. The molecule has 1 heterocycles. The molecule has 0 atom stereocenters. The van der Waals surface area contributed by atoms with Gasteiger partial charge in [-0.05, 0) is 32.1 Å². The molecular weight excluding hydrogens is 214 g/mol. The average Bonchev–Trinajstić information content (AvgIpc) is 2.75. The fourth-order valence-corrected chi connectivity index (χ4v) is 1.94. The summed E-state index contributed by atoms with van der Waals surface area (Å²) in [7, 11) is 4.02. The van der Waals surface area contributed by atoms with Crippen LogP contribution in [-0.4, -0.2) is 37.4 Å². The number of benzene rings is 1. The molecule has 0 aliphatic carbocycles. The maximum atomic E-state index is 6.05. The van der Waals surface area contributed by atoms with Crippen molar-refractivity contribution in [3.63, 3.8) is 0 Å². The second-order valence-corrected chi connectivity index (χ2v) is 4.25. The molecule has 4 N–H and O–H groups in total. The van der Waals surface area contributed by atoms with Crippen LogP contribution in [0.1, 0.15) is 6.42 Å². The number of aromatic amines is 1. The normalized spacial score (nSPS) is 10.9. The average molecular weight is 233 g/mol. The third-order valence-corrected chi connectivity index (χ3v) is 2.92. The highest BCUT2D eigenvalue weighted by Gasteiger charge is 2.07. The van der Waals surface area contributed by atoms with Crippen molar-refractivity contribution in [1.29, 1.82) is 0 Å². The van der Waals surface area contributed by atoms with Crippen molar-refractivity contribution in [3.8, 4) is 0 Å². The van der Waals surface area contributed by atoms with Gasteiger partial charge in [0.2, 0.25) is 0 Å². The van der Waals surface area contributed by atoms with Crippen molar-refractivity contribution >= 4 is 22.3 Å². The Kier molecular flexibility index (Phi) is 3.49. The van der Waals surface area contributed by atoms with Crippen molar-refractivity contribution in [1.82, 2.24) is 15.5 Å². The molecule has 0 fully saturated rings. The maximum absolute atomic E-state index is 6.05. The van der Waals surface area contributed by atoms with E-state index in [2.05, 4.69) is 33.5 Å². The number of rotatable bonds is 5. The van der Waals surface area contributed by atoms with Crippen LogP contribution in [0.4, 0.5) is 11.4 Å². The molecule has 5 nitrogen and oxygen atoms in total. The summed E-state index contributed by atoms with van der Waals surface area (Å²) in [5.74, 6) is 0. The first kappa shape index (κ1) is 11.7. The van der Waals surface area contributed by atoms with Crippen molar-refractivity contribution in [3.05, 3.63) is 18.3 Å². The van der Waals surface area contributed by atoms with Crippen molar-refractivity contribution in [2.24, 2.45) is 0 Å². The molecule has 2 rings (SSSR count). The van der Waals surface area contributed by atoms with Crippen LogP contribution in [0.25, 0.3) is 10.9 Å². The van der Waals surface area contributed by atoms with Crippen molar-refractivity contribution in [2.75, 3.05) is 37.8 Å². The third kappa shape index (κ3) is 2.50. The smallest absolute Gasteiger partial charge is 0.0672 e. The Morgan fingerprint density at radius 2 is 2.29 bits per heavy atom. The zero-order valence-electron chi connectivity index (χ0n) is 10.3. The lowest BCUT2D eigenvalue weighted by Crippen LogP contribution is -2.23. The molecule has 2 aromatic rings. The van der Waals surface area contributed by atoms with E-state index in [1.807, 2.05) is 13.1 Å². The van der Waals surface area contributed by atoms with Gasteiger partial charge in [-0.15, -0.1) is 0 Å². The van der Waals surface area contributed by atoms with Gasteiger partial charge in [-0.25, -0.2) is 0 Å². The number of H-pyrrole nitrogens is 1. The van der Waals surface area contributed by atoms with E-state index in [0.29, 0.717) is 0 Å². The van der Waals surface area contributed by atoms with Gasteiger partial charge in [0.25, 0.3) is 0 Å². The Morgan fingerprint density at radius 3 is 3.06 bits per heavy atom. The summed E-state index contributed by atoms with van der Waals surface area (Å²) in [6.45, 7) is 1.99. The number of nitrogens with zero attached hydrogens (tertiary/aromatic N) is 2. The van der Waals surface area contributed by atoms with Crippen LogP contribution in [0.3, 0.4) is 0 Å². The van der Waals surface area contributed by atoms with Crippen LogP contribution in [-0.2, 0) is 0 Å². The molecule has 0 aliphatic heterocycles. The van der Waals surface area contributed by atoms with Gasteiger partial charge in [-0.2, -0.15) is 5.10 Å². The molecule has 0 saturated heterocycles. The molecule has 0 saturated carbocycles. The lowest BCUT2D eigenvalue weighted by atomic mass is 10.2. The van der Waals surface area contributed by atoms with E-state index in [9.17, 15) is 0 Å². The van der Waals surface area contributed by atoms with Crippen LogP contribution < -0.4 is 16.0 Å². The largest absolute Gasteiger partial charge is 0.397 e. The number of hydrogen-bond acceptors (Lipinski definition) is 4. The van der Waals surface area contributed by atoms with E-state index in [-0.39, 0.29) is 0 Å². The first-order chi connectivity index (χ1) is 8.22. The number of anilines is 2. The predicted octanol–water partition coefficient (Wildman–Crippen LogP) is 1.19. The molecule has 0 bridgehead atoms. The Hall–Kier alpha value is -1.75. The third-order valence-electron chi connectivity index (χ3n) is 2.92. The lowest BCUT2D eigenvalue weighted by Gasteiger charge is -2.21. The predicted molar refractivity (Wildman–Crippen MR) is 72.3 cm³/mol. The molecule has 92 valence electrons. The second-order valence-electron chi connectivity index (χ2n) is 4.25. The van der Waals surface area contributed by atoms with E-state index in [0.717, 1.165) is 41.8 Å². The Bertz CT molecular complexity index is 491. The fourth-order valence-electron chi connectivity index (χ4n) is 1.94. The standard InChI is InChI=1S/C12H19N5/c1-14-4-3-5-17(2)12-7-11-9(6-10(12)13)8-15-16-11/h6-8,14H,3-5,13H2,1-2H3,(H,15,16).